The van der Waals surface area contributed by atoms with Crippen LogP contribution in [0.2, 0.25) is 0 Å². The average molecular weight is 469 g/mol. The summed E-state index contributed by atoms with van der Waals surface area (Å²) in [5.41, 5.74) is 1.30. The molecule has 0 bridgehead atoms. The summed E-state index contributed by atoms with van der Waals surface area (Å²) in [7, 11) is 0. The van der Waals surface area contributed by atoms with E-state index >= 15 is 0 Å². The number of hydrogen-bond donors (Lipinski definition) is 1. The van der Waals surface area contributed by atoms with Gasteiger partial charge in [0.2, 0.25) is 5.91 Å². The number of imide groups is 1. The van der Waals surface area contributed by atoms with Gasteiger partial charge in [0.25, 0.3) is 5.90 Å². The minimum atomic E-state index is -4.99. The smallest absolute Gasteiger partial charge is 0.466 e. The number of carbonyl (C=O) groups is 2. The lowest BCUT2D eigenvalue weighted by Crippen LogP contribution is -2.48. The molecule has 33 heavy (non-hydrogen) atoms. The standard InChI is InChI=1S/C24H31F3N2O4/c1-5-9-19(20(16(4)12-15(2)3)33-22(28)24(25,26)27)21(30)29-18(14-32-23(29)31)13-17-10-7-6-8-11-17/h6-8,10-12,15,18-20,28H,5,9,13-14H2,1-4H3/b16-12+,28-22?/t18-,19-,20+/m1/s1. The molecular formula is C24H31F3N2O4. The zero-order chi connectivity index (χ0) is 24.8. The van der Waals surface area contributed by atoms with E-state index < -0.39 is 42.1 Å². The van der Waals surface area contributed by atoms with Crippen LogP contribution >= 0.6 is 0 Å². The Morgan fingerprint density at radius 2 is 1.94 bits per heavy atom. The largest absolute Gasteiger partial charge is 0.467 e. The van der Waals surface area contributed by atoms with Crippen molar-refractivity contribution in [3.63, 3.8) is 0 Å². The second kappa shape index (κ2) is 11.3. The van der Waals surface area contributed by atoms with Crippen molar-refractivity contribution in [3.8, 4) is 0 Å². The first-order valence-electron chi connectivity index (χ1n) is 11.0. The number of alkyl halides is 3. The molecule has 2 amide bonds. The number of carbonyl (C=O) groups excluding carboxylic acids is 2. The van der Waals surface area contributed by atoms with Crippen LogP contribution in [0.15, 0.2) is 42.0 Å². The summed E-state index contributed by atoms with van der Waals surface area (Å²) >= 11 is 0. The third kappa shape index (κ3) is 7.07. The normalized spacial score (nSPS) is 18.8. The molecule has 1 N–H and O–H groups in total. The summed E-state index contributed by atoms with van der Waals surface area (Å²) < 4.78 is 49.5. The maximum atomic E-state index is 13.6. The number of halogens is 3. The van der Waals surface area contributed by atoms with Crippen molar-refractivity contribution in [1.29, 1.82) is 5.41 Å². The molecule has 1 aliphatic rings. The zero-order valence-electron chi connectivity index (χ0n) is 19.3. The van der Waals surface area contributed by atoms with Gasteiger partial charge in [-0.2, -0.15) is 13.2 Å². The molecule has 0 radical (unpaired) electrons. The van der Waals surface area contributed by atoms with Gasteiger partial charge in [0.05, 0.1) is 12.0 Å². The number of amides is 2. The van der Waals surface area contributed by atoms with E-state index in [1.807, 2.05) is 44.2 Å². The molecule has 0 aliphatic carbocycles. The molecule has 0 saturated carbocycles. The van der Waals surface area contributed by atoms with Gasteiger partial charge in [0, 0.05) is 0 Å². The minimum Gasteiger partial charge on any atom is -0.466 e. The fourth-order valence-corrected chi connectivity index (χ4v) is 3.97. The Balaban J connectivity index is 2.39. The van der Waals surface area contributed by atoms with E-state index in [0.717, 1.165) is 10.5 Å². The number of benzene rings is 1. The quantitative estimate of drug-likeness (QED) is 0.294. The zero-order valence-corrected chi connectivity index (χ0v) is 19.3. The van der Waals surface area contributed by atoms with Crippen LogP contribution in [0.1, 0.15) is 46.1 Å². The molecule has 0 unspecified atom stereocenters. The van der Waals surface area contributed by atoms with Gasteiger partial charge in [-0.1, -0.05) is 63.6 Å². The van der Waals surface area contributed by atoms with Gasteiger partial charge < -0.3 is 9.47 Å². The third-order valence-electron chi connectivity index (χ3n) is 5.34. The van der Waals surface area contributed by atoms with Gasteiger partial charge in [-0.3, -0.25) is 10.2 Å². The van der Waals surface area contributed by atoms with Gasteiger partial charge in [0.15, 0.2) is 0 Å². The molecule has 1 saturated heterocycles. The van der Waals surface area contributed by atoms with E-state index in [9.17, 15) is 22.8 Å². The molecule has 1 heterocycles. The van der Waals surface area contributed by atoms with Crippen LogP contribution < -0.4 is 0 Å². The third-order valence-corrected chi connectivity index (χ3v) is 5.34. The number of allylic oxidation sites excluding steroid dienone is 1. The molecule has 9 heteroatoms. The summed E-state index contributed by atoms with van der Waals surface area (Å²) in [5.74, 6) is -3.63. The lowest BCUT2D eigenvalue weighted by Gasteiger charge is -2.32. The molecule has 1 aromatic rings. The van der Waals surface area contributed by atoms with E-state index in [1.54, 1.807) is 19.9 Å². The molecule has 6 nitrogen and oxygen atoms in total. The molecule has 182 valence electrons. The van der Waals surface area contributed by atoms with Crippen molar-refractivity contribution in [2.75, 3.05) is 6.61 Å². The summed E-state index contributed by atoms with van der Waals surface area (Å²) in [6.45, 7) is 7.06. The number of nitrogens with zero attached hydrogens (tertiary/aromatic N) is 1. The minimum absolute atomic E-state index is 0.00300. The molecule has 2 rings (SSSR count). The second-order valence-corrected chi connectivity index (χ2v) is 8.54. The Kier molecular flexibility index (Phi) is 9.07. The van der Waals surface area contributed by atoms with Gasteiger partial charge in [0.1, 0.15) is 12.7 Å². The van der Waals surface area contributed by atoms with Crippen LogP contribution in [0.25, 0.3) is 0 Å². The molecule has 1 aromatic carbocycles. The summed E-state index contributed by atoms with van der Waals surface area (Å²) in [6.07, 6.45) is -4.43. The Morgan fingerprint density at radius 3 is 2.48 bits per heavy atom. The van der Waals surface area contributed by atoms with Crippen LogP contribution in [-0.2, 0) is 20.7 Å². The number of nitrogens with one attached hydrogen (secondary N) is 1. The highest BCUT2D eigenvalue weighted by Crippen LogP contribution is 2.30. The maximum absolute atomic E-state index is 13.6. The van der Waals surface area contributed by atoms with Crippen LogP contribution in [0, 0.1) is 17.2 Å². The molecule has 0 spiro atoms. The Morgan fingerprint density at radius 1 is 1.30 bits per heavy atom. The van der Waals surface area contributed by atoms with E-state index in [0.29, 0.717) is 18.4 Å². The van der Waals surface area contributed by atoms with Crippen molar-refractivity contribution in [2.24, 2.45) is 11.8 Å². The van der Waals surface area contributed by atoms with Crippen molar-refractivity contribution in [2.45, 2.75) is 65.3 Å². The predicted octanol–water partition coefficient (Wildman–Crippen LogP) is 5.52. The van der Waals surface area contributed by atoms with Crippen LogP contribution in [-0.4, -0.2) is 47.7 Å². The molecule has 3 atom stereocenters. The Bertz CT molecular complexity index is 868. The van der Waals surface area contributed by atoms with Crippen LogP contribution in [0.3, 0.4) is 0 Å². The molecule has 0 aromatic heterocycles. The van der Waals surface area contributed by atoms with Crippen LogP contribution in [0.5, 0.6) is 0 Å². The van der Waals surface area contributed by atoms with E-state index in [-0.39, 0.29) is 18.9 Å². The van der Waals surface area contributed by atoms with Crippen molar-refractivity contribution in [3.05, 3.63) is 47.5 Å². The first kappa shape index (κ1) is 26.4. The first-order chi connectivity index (χ1) is 15.5. The lowest BCUT2D eigenvalue weighted by atomic mass is 9.89. The fraction of sp³-hybridized carbons (Fsp3) is 0.542. The number of hydrogen-bond acceptors (Lipinski definition) is 5. The van der Waals surface area contributed by atoms with E-state index in [2.05, 4.69) is 0 Å². The van der Waals surface area contributed by atoms with Gasteiger partial charge in [-0.15, -0.1) is 0 Å². The first-order valence-corrected chi connectivity index (χ1v) is 11.0. The van der Waals surface area contributed by atoms with Crippen molar-refractivity contribution in [1.82, 2.24) is 4.90 Å². The van der Waals surface area contributed by atoms with Crippen molar-refractivity contribution < 1.29 is 32.2 Å². The topological polar surface area (TPSA) is 79.7 Å². The highest BCUT2D eigenvalue weighted by molar-refractivity contribution is 5.95. The summed E-state index contributed by atoms with van der Waals surface area (Å²) in [4.78, 5) is 27.1. The number of ether oxygens (including phenoxy) is 2. The Labute approximate surface area is 192 Å². The van der Waals surface area contributed by atoms with Gasteiger partial charge >= 0.3 is 12.3 Å². The monoisotopic (exact) mass is 468 g/mol. The summed E-state index contributed by atoms with van der Waals surface area (Å²) in [6, 6.07) is 8.67. The second-order valence-electron chi connectivity index (χ2n) is 8.54. The van der Waals surface area contributed by atoms with Crippen LogP contribution in [0.4, 0.5) is 18.0 Å². The maximum Gasteiger partial charge on any atom is 0.467 e. The fourth-order valence-electron chi connectivity index (χ4n) is 3.97. The van der Waals surface area contributed by atoms with Gasteiger partial charge in [-0.25, -0.2) is 9.69 Å². The number of cyclic esters (lactones) is 1. The highest BCUT2D eigenvalue weighted by atomic mass is 19.4. The average Bonchev–Trinajstić information content (AvgIpc) is 3.09. The predicted molar refractivity (Wildman–Crippen MR) is 118 cm³/mol. The molecular weight excluding hydrogens is 437 g/mol. The summed E-state index contributed by atoms with van der Waals surface area (Å²) in [5, 5.41) is 7.36. The molecule has 1 fully saturated rings. The van der Waals surface area contributed by atoms with E-state index in [1.165, 1.54) is 0 Å². The van der Waals surface area contributed by atoms with Gasteiger partial charge in [-0.05, 0) is 36.8 Å². The Hall–Kier alpha value is -2.84. The van der Waals surface area contributed by atoms with E-state index in [4.69, 9.17) is 14.9 Å². The highest BCUT2D eigenvalue weighted by Gasteiger charge is 2.46. The lowest BCUT2D eigenvalue weighted by molar-refractivity contribution is -0.138. The van der Waals surface area contributed by atoms with Crippen molar-refractivity contribution >= 4 is 17.9 Å². The number of rotatable bonds is 9. The SMILES string of the molecule is CCC[C@@H](C(=O)N1C(=O)OC[C@H]1Cc1ccccc1)[C@@H](OC(=N)C(F)(F)F)/C(C)=C/C(C)C. The molecule has 1 aliphatic heterocycles.